The summed E-state index contributed by atoms with van der Waals surface area (Å²) < 4.78 is 0. The second-order valence-corrected chi connectivity index (χ2v) is 9.37. The van der Waals surface area contributed by atoms with Gasteiger partial charge in [0, 0.05) is 31.4 Å². The lowest BCUT2D eigenvalue weighted by Crippen LogP contribution is -2.48. The summed E-state index contributed by atoms with van der Waals surface area (Å²) in [5, 5.41) is 5.70. The fourth-order valence-corrected chi connectivity index (χ4v) is 5.01. The van der Waals surface area contributed by atoms with Gasteiger partial charge in [-0.25, -0.2) is 9.79 Å². The minimum absolute atomic E-state index is 0.257. The SMILES string of the molecule is CC1CCN(C2=NC(NC(=O)Nc3ccc4c(c3)CCC4)C(=O)N(C)c3ccccc32)CC1. The summed E-state index contributed by atoms with van der Waals surface area (Å²) in [6, 6.07) is 13.4. The maximum Gasteiger partial charge on any atom is 0.321 e. The molecule has 1 atom stereocenters. The molecule has 1 saturated heterocycles. The van der Waals surface area contributed by atoms with Gasteiger partial charge >= 0.3 is 6.03 Å². The number of benzodiazepines with no additional fused rings is 1. The Morgan fingerprint density at radius 1 is 1.06 bits per heavy atom. The molecule has 172 valence electrons. The largest absolute Gasteiger partial charge is 0.356 e. The van der Waals surface area contributed by atoms with Crippen LogP contribution in [0.3, 0.4) is 0 Å². The Bertz CT molecular complexity index is 1100. The summed E-state index contributed by atoms with van der Waals surface area (Å²) in [5.74, 6) is 1.20. The zero-order valence-corrected chi connectivity index (χ0v) is 19.3. The molecule has 2 heterocycles. The average molecular weight is 446 g/mol. The van der Waals surface area contributed by atoms with Gasteiger partial charge in [-0.2, -0.15) is 0 Å². The van der Waals surface area contributed by atoms with Crippen molar-refractivity contribution in [2.75, 3.05) is 30.4 Å². The first-order chi connectivity index (χ1) is 16.0. The summed E-state index contributed by atoms with van der Waals surface area (Å²) in [7, 11) is 1.74. The normalized spacial score (nSPS) is 20.6. The van der Waals surface area contributed by atoms with E-state index in [1.165, 1.54) is 11.1 Å². The van der Waals surface area contributed by atoms with Crippen LogP contribution in [0.4, 0.5) is 16.2 Å². The van der Waals surface area contributed by atoms with E-state index in [4.69, 9.17) is 4.99 Å². The first-order valence-corrected chi connectivity index (χ1v) is 11.9. The predicted molar refractivity (Wildman–Crippen MR) is 131 cm³/mol. The molecule has 2 aromatic rings. The number of aliphatic imine (C=N–C) groups is 1. The number of benzene rings is 2. The highest BCUT2D eigenvalue weighted by Crippen LogP contribution is 2.28. The van der Waals surface area contributed by atoms with E-state index in [-0.39, 0.29) is 5.91 Å². The minimum Gasteiger partial charge on any atom is -0.356 e. The summed E-state index contributed by atoms with van der Waals surface area (Å²) in [5.41, 5.74) is 5.10. The molecule has 2 aromatic carbocycles. The number of para-hydroxylation sites is 1. The van der Waals surface area contributed by atoms with Crippen molar-refractivity contribution in [3.63, 3.8) is 0 Å². The third-order valence-electron chi connectivity index (χ3n) is 7.03. The molecular formula is C26H31N5O2. The Morgan fingerprint density at radius 3 is 2.64 bits per heavy atom. The van der Waals surface area contributed by atoms with Crippen molar-refractivity contribution >= 4 is 29.1 Å². The average Bonchev–Trinajstić information content (AvgIpc) is 3.26. The highest BCUT2D eigenvalue weighted by molar-refractivity contribution is 6.12. The fraction of sp³-hybridized carbons (Fsp3) is 0.423. The molecule has 33 heavy (non-hydrogen) atoms. The van der Waals surface area contributed by atoms with Gasteiger partial charge < -0.3 is 20.4 Å². The number of nitrogens with zero attached hydrogens (tertiary/aromatic N) is 3. The Hall–Kier alpha value is -3.35. The summed E-state index contributed by atoms with van der Waals surface area (Å²) in [6.45, 7) is 4.05. The number of carbonyl (C=O) groups is 2. The molecule has 1 aliphatic carbocycles. The van der Waals surface area contributed by atoms with E-state index in [1.54, 1.807) is 11.9 Å². The van der Waals surface area contributed by atoms with Crippen molar-refractivity contribution in [2.45, 2.75) is 45.2 Å². The molecule has 1 fully saturated rings. The molecule has 0 radical (unpaired) electrons. The lowest BCUT2D eigenvalue weighted by molar-refractivity contribution is -0.119. The maximum absolute atomic E-state index is 13.3. The lowest BCUT2D eigenvalue weighted by atomic mass is 9.98. The molecule has 0 aromatic heterocycles. The van der Waals surface area contributed by atoms with Crippen molar-refractivity contribution in [3.8, 4) is 0 Å². The summed E-state index contributed by atoms with van der Waals surface area (Å²) >= 11 is 0. The van der Waals surface area contributed by atoms with E-state index in [1.807, 2.05) is 36.4 Å². The Labute approximate surface area is 194 Å². The molecule has 7 nitrogen and oxygen atoms in total. The monoisotopic (exact) mass is 445 g/mol. The van der Waals surface area contributed by atoms with E-state index in [2.05, 4.69) is 28.5 Å². The molecule has 2 aliphatic heterocycles. The summed E-state index contributed by atoms with van der Waals surface area (Å²) in [4.78, 5) is 34.8. The maximum atomic E-state index is 13.3. The van der Waals surface area contributed by atoms with Crippen molar-refractivity contribution in [3.05, 3.63) is 59.2 Å². The van der Waals surface area contributed by atoms with Gasteiger partial charge in [-0.1, -0.05) is 25.1 Å². The molecule has 0 spiro atoms. The van der Waals surface area contributed by atoms with Crippen LogP contribution in [0.15, 0.2) is 47.5 Å². The van der Waals surface area contributed by atoms with Crippen LogP contribution >= 0.6 is 0 Å². The Morgan fingerprint density at radius 2 is 1.82 bits per heavy atom. The van der Waals surface area contributed by atoms with Crippen LogP contribution in [0.2, 0.25) is 0 Å². The number of amidine groups is 1. The van der Waals surface area contributed by atoms with Crippen molar-refractivity contribution in [2.24, 2.45) is 10.9 Å². The number of amides is 3. The van der Waals surface area contributed by atoms with E-state index in [0.717, 1.165) is 68.0 Å². The number of carbonyl (C=O) groups excluding carboxylic acids is 2. The molecule has 2 N–H and O–H groups in total. The minimum atomic E-state index is -0.994. The zero-order chi connectivity index (χ0) is 22.9. The number of urea groups is 1. The third kappa shape index (κ3) is 4.32. The smallest absolute Gasteiger partial charge is 0.321 e. The second-order valence-electron chi connectivity index (χ2n) is 9.37. The Balaban J connectivity index is 1.40. The van der Waals surface area contributed by atoms with Gasteiger partial charge in [-0.05, 0) is 73.4 Å². The van der Waals surface area contributed by atoms with Gasteiger partial charge in [0.25, 0.3) is 5.91 Å². The van der Waals surface area contributed by atoms with E-state index < -0.39 is 12.2 Å². The second kappa shape index (κ2) is 8.89. The number of nitrogens with one attached hydrogen (secondary N) is 2. The number of fused-ring (bicyclic) bond motifs is 2. The molecule has 3 amide bonds. The van der Waals surface area contributed by atoms with Crippen LogP contribution in [-0.4, -0.2) is 49.0 Å². The van der Waals surface area contributed by atoms with Gasteiger partial charge in [-0.15, -0.1) is 0 Å². The molecule has 3 aliphatic rings. The number of rotatable bonds is 2. The lowest BCUT2D eigenvalue weighted by Gasteiger charge is -2.33. The van der Waals surface area contributed by atoms with Crippen molar-refractivity contribution in [1.29, 1.82) is 0 Å². The number of likely N-dealkylation sites (N-methyl/N-ethyl adjacent to an activating group) is 1. The molecular weight excluding hydrogens is 414 g/mol. The first kappa shape index (κ1) is 21.5. The van der Waals surface area contributed by atoms with Crippen molar-refractivity contribution < 1.29 is 9.59 Å². The van der Waals surface area contributed by atoms with Crippen LogP contribution < -0.4 is 15.5 Å². The number of anilines is 2. The van der Waals surface area contributed by atoms with Gasteiger partial charge in [0.15, 0.2) is 0 Å². The van der Waals surface area contributed by atoms with E-state index in [9.17, 15) is 9.59 Å². The molecule has 1 unspecified atom stereocenters. The van der Waals surface area contributed by atoms with Gasteiger partial charge in [0.1, 0.15) is 5.84 Å². The van der Waals surface area contributed by atoms with Crippen LogP contribution in [0, 0.1) is 5.92 Å². The van der Waals surface area contributed by atoms with Crippen LogP contribution in [0.1, 0.15) is 42.9 Å². The zero-order valence-electron chi connectivity index (χ0n) is 19.3. The number of piperidine rings is 1. The Kier molecular flexibility index (Phi) is 5.79. The van der Waals surface area contributed by atoms with Gasteiger partial charge in [0.05, 0.1) is 5.69 Å². The van der Waals surface area contributed by atoms with E-state index in [0.29, 0.717) is 5.92 Å². The van der Waals surface area contributed by atoms with E-state index >= 15 is 0 Å². The highest BCUT2D eigenvalue weighted by atomic mass is 16.2. The quantitative estimate of drug-likeness (QED) is 0.739. The number of likely N-dealkylation sites (tertiary alicyclic amines) is 1. The number of aryl methyl sites for hydroxylation is 2. The number of hydrogen-bond acceptors (Lipinski definition) is 4. The topological polar surface area (TPSA) is 77.0 Å². The van der Waals surface area contributed by atoms with Gasteiger partial charge in [-0.3, -0.25) is 4.79 Å². The van der Waals surface area contributed by atoms with Crippen LogP contribution in [0.5, 0.6) is 0 Å². The molecule has 5 rings (SSSR count). The van der Waals surface area contributed by atoms with Crippen LogP contribution in [0.25, 0.3) is 0 Å². The predicted octanol–water partition coefficient (Wildman–Crippen LogP) is 3.78. The first-order valence-electron chi connectivity index (χ1n) is 11.9. The molecule has 0 saturated carbocycles. The van der Waals surface area contributed by atoms with Gasteiger partial charge in [0.2, 0.25) is 6.17 Å². The number of hydrogen-bond donors (Lipinski definition) is 2. The van der Waals surface area contributed by atoms with Crippen LogP contribution in [-0.2, 0) is 17.6 Å². The highest BCUT2D eigenvalue weighted by Gasteiger charge is 2.33. The fourth-order valence-electron chi connectivity index (χ4n) is 5.01. The van der Waals surface area contributed by atoms with Crippen molar-refractivity contribution in [1.82, 2.24) is 10.2 Å². The summed E-state index contributed by atoms with van der Waals surface area (Å²) in [6.07, 6.45) is 4.47. The molecule has 0 bridgehead atoms. The molecule has 7 heteroatoms. The standard InChI is InChI=1S/C26H31N5O2/c1-17-12-14-31(15-13-17)24-21-8-3-4-9-22(21)30(2)25(32)23(28-24)29-26(33)27-20-11-10-18-6-5-7-19(18)16-20/h3-4,8-11,16-17,23H,5-7,12-15H2,1-2H3,(H2,27,29,33). The third-order valence-corrected chi connectivity index (χ3v) is 7.03.